The SMILES string of the molecule is CCCC(CCC)C(NC)C1=CCCC1. The maximum Gasteiger partial charge on any atom is 0.0305 e. The second-order valence-corrected chi connectivity index (χ2v) is 4.78. The highest BCUT2D eigenvalue weighted by molar-refractivity contribution is 5.16. The molecule has 0 aromatic rings. The fourth-order valence-electron chi connectivity index (χ4n) is 2.92. The summed E-state index contributed by atoms with van der Waals surface area (Å²) < 4.78 is 0. The van der Waals surface area contributed by atoms with Gasteiger partial charge in [-0.15, -0.1) is 0 Å². The quantitative estimate of drug-likeness (QED) is 0.627. The maximum absolute atomic E-state index is 3.55. The van der Waals surface area contributed by atoms with E-state index in [1.807, 2.05) is 0 Å². The van der Waals surface area contributed by atoms with Crippen molar-refractivity contribution in [2.75, 3.05) is 7.05 Å². The van der Waals surface area contributed by atoms with E-state index in [0.717, 1.165) is 5.92 Å². The van der Waals surface area contributed by atoms with Gasteiger partial charge in [-0.05, 0) is 45.1 Å². The maximum atomic E-state index is 3.55. The first-order chi connectivity index (χ1) is 7.33. The molecule has 0 radical (unpaired) electrons. The van der Waals surface area contributed by atoms with Crippen molar-refractivity contribution in [1.29, 1.82) is 0 Å². The molecule has 0 aromatic carbocycles. The largest absolute Gasteiger partial charge is 0.313 e. The predicted octanol–water partition coefficient (Wildman–Crippen LogP) is 3.90. The van der Waals surface area contributed by atoms with Crippen molar-refractivity contribution in [2.24, 2.45) is 5.92 Å². The van der Waals surface area contributed by atoms with Gasteiger partial charge in [-0.1, -0.05) is 38.3 Å². The normalized spacial score (nSPS) is 18.3. The summed E-state index contributed by atoms with van der Waals surface area (Å²) in [6, 6.07) is 0.660. The monoisotopic (exact) mass is 209 g/mol. The van der Waals surface area contributed by atoms with Crippen LogP contribution >= 0.6 is 0 Å². The lowest BCUT2D eigenvalue weighted by Gasteiger charge is -2.28. The zero-order valence-electron chi connectivity index (χ0n) is 10.7. The van der Waals surface area contributed by atoms with Gasteiger partial charge in [0.2, 0.25) is 0 Å². The lowest BCUT2D eigenvalue weighted by atomic mass is 9.86. The second kappa shape index (κ2) is 7.05. The smallest absolute Gasteiger partial charge is 0.0305 e. The van der Waals surface area contributed by atoms with Crippen LogP contribution in [0.2, 0.25) is 0 Å². The third-order valence-electron chi connectivity index (χ3n) is 3.58. The van der Waals surface area contributed by atoms with Crippen LogP contribution in [0.5, 0.6) is 0 Å². The van der Waals surface area contributed by atoms with Gasteiger partial charge in [-0.3, -0.25) is 0 Å². The van der Waals surface area contributed by atoms with E-state index in [-0.39, 0.29) is 0 Å². The Morgan fingerprint density at radius 2 is 1.93 bits per heavy atom. The Kier molecular flexibility index (Phi) is 6.00. The molecule has 15 heavy (non-hydrogen) atoms. The lowest BCUT2D eigenvalue weighted by molar-refractivity contribution is 0.353. The van der Waals surface area contributed by atoms with E-state index in [9.17, 15) is 0 Å². The van der Waals surface area contributed by atoms with E-state index in [2.05, 4.69) is 32.3 Å². The number of rotatable bonds is 7. The molecule has 1 aliphatic carbocycles. The van der Waals surface area contributed by atoms with Crippen LogP contribution in [0.25, 0.3) is 0 Å². The summed E-state index contributed by atoms with van der Waals surface area (Å²) in [4.78, 5) is 0. The standard InChI is InChI=1S/C14H27N/c1-4-8-12(9-5-2)14(15-3)13-10-6-7-11-13/h10,12,14-15H,4-9,11H2,1-3H3. The molecule has 1 unspecified atom stereocenters. The Morgan fingerprint density at radius 3 is 2.33 bits per heavy atom. The van der Waals surface area contributed by atoms with Crippen LogP contribution in [0, 0.1) is 5.92 Å². The van der Waals surface area contributed by atoms with Gasteiger partial charge in [0, 0.05) is 6.04 Å². The van der Waals surface area contributed by atoms with Crippen molar-refractivity contribution in [3.8, 4) is 0 Å². The van der Waals surface area contributed by atoms with E-state index >= 15 is 0 Å². The summed E-state index contributed by atoms with van der Waals surface area (Å²) in [5, 5.41) is 3.55. The highest BCUT2D eigenvalue weighted by atomic mass is 14.9. The van der Waals surface area contributed by atoms with Crippen LogP contribution in [-0.2, 0) is 0 Å². The molecule has 0 fully saturated rings. The molecule has 1 atom stereocenters. The van der Waals surface area contributed by atoms with E-state index in [0.29, 0.717) is 6.04 Å². The van der Waals surface area contributed by atoms with E-state index in [1.165, 1.54) is 44.9 Å². The molecule has 0 bridgehead atoms. The molecule has 0 aromatic heterocycles. The van der Waals surface area contributed by atoms with Gasteiger partial charge < -0.3 is 5.32 Å². The van der Waals surface area contributed by atoms with Crippen molar-refractivity contribution >= 4 is 0 Å². The molecule has 1 heteroatoms. The molecular weight excluding hydrogens is 182 g/mol. The van der Waals surface area contributed by atoms with E-state index in [4.69, 9.17) is 0 Å². The summed E-state index contributed by atoms with van der Waals surface area (Å²) >= 11 is 0. The summed E-state index contributed by atoms with van der Waals surface area (Å²) in [7, 11) is 2.13. The number of likely N-dealkylation sites (N-methyl/N-ethyl adjacent to an activating group) is 1. The molecule has 0 saturated heterocycles. The molecule has 0 aliphatic heterocycles. The Hall–Kier alpha value is -0.300. The predicted molar refractivity (Wildman–Crippen MR) is 68.1 cm³/mol. The molecule has 0 heterocycles. The first-order valence-electron chi connectivity index (χ1n) is 6.69. The Bertz CT molecular complexity index is 190. The molecule has 1 nitrogen and oxygen atoms in total. The van der Waals surface area contributed by atoms with Crippen LogP contribution in [0.1, 0.15) is 58.8 Å². The molecule has 0 saturated carbocycles. The number of hydrogen-bond donors (Lipinski definition) is 1. The first-order valence-corrected chi connectivity index (χ1v) is 6.69. The minimum atomic E-state index is 0.660. The molecule has 1 rings (SSSR count). The summed E-state index contributed by atoms with van der Waals surface area (Å²) in [6.07, 6.45) is 11.9. The van der Waals surface area contributed by atoms with Crippen LogP contribution in [0.4, 0.5) is 0 Å². The third-order valence-corrected chi connectivity index (χ3v) is 3.58. The van der Waals surface area contributed by atoms with Gasteiger partial charge in [0.05, 0.1) is 0 Å². The third kappa shape index (κ3) is 3.64. The molecular formula is C14H27N. The zero-order chi connectivity index (χ0) is 11.1. The summed E-state index contributed by atoms with van der Waals surface area (Å²) in [5.74, 6) is 0.856. The molecule has 0 spiro atoms. The molecule has 0 amide bonds. The topological polar surface area (TPSA) is 12.0 Å². The van der Waals surface area contributed by atoms with Gasteiger partial charge in [0.1, 0.15) is 0 Å². The second-order valence-electron chi connectivity index (χ2n) is 4.78. The molecule has 88 valence electrons. The van der Waals surface area contributed by atoms with Crippen LogP contribution in [0.15, 0.2) is 11.6 Å². The van der Waals surface area contributed by atoms with Crippen molar-refractivity contribution in [3.05, 3.63) is 11.6 Å². The van der Waals surface area contributed by atoms with Gasteiger partial charge in [-0.25, -0.2) is 0 Å². The minimum Gasteiger partial charge on any atom is -0.313 e. The van der Waals surface area contributed by atoms with Crippen LogP contribution in [0.3, 0.4) is 0 Å². The minimum absolute atomic E-state index is 0.660. The Morgan fingerprint density at radius 1 is 1.27 bits per heavy atom. The van der Waals surface area contributed by atoms with Gasteiger partial charge in [0.15, 0.2) is 0 Å². The average Bonchev–Trinajstić information content (AvgIpc) is 2.73. The van der Waals surface area contributed by atoms with Crippen molar-refractivity contribution in [3.63, 3.8) is 0 Å². The zero-order valence-corrected chi connectivity index (χ0v) is 10.7. The lowest BCUT2D eigenvalue weighted by Crippen LogP contribution is -2.35. The van der Waals surface area contributed by atoms with E-state index in [1.54, 1.807) is 5.57 Å². The first kappa shape index (κ1) is 12.8. The molecule has 1 aliphatic rings. The van der Waals surface area contributed by atoms with Crippen molar-refractivity contribution in [2.45, 2.75) is 64.8 Å². The van der Waals surface area contributed by atoms with Gasteiger partial charge in [-0.2, -0.15) is 0 Å². The van der Waals surface area contributed by atoms with Crippen LogP contribution in [-0.4, -0.2) is 13.1 Å². The fourth-order valence-corrected chi connectivity index (χ4v) is 2.92. The highest BCUT2D eigenvalue weighted by Gasteiger charge is 2.23. The Labute approximate surface area is 95.3 Å². The fraction of sp³-hybridized carbons (Fsp3) is 0.857. The van der Waals surface area contributed by atoms with E-state index < -0.39 is 0 Å². The number of allylic oxidation sites excluding steroid dienone is 1. The van der Waals surface area contributed by atoms with Gasteiger partial charge >= 0.3 is 0 Å². The van der Waals surface area contributed by atoms with Gasteiger partial charge in [0.25, 0.3) is 0 Å². The number of nitrogens with one attached hydrogen (secondary N) is 1. The van der Waals surface area contributed by atoms with Crippen molar-refractivity contribution < 1.29 is 0 Å². The highest BCUT2D eigenvalue weighted by Crippen LogP contribution is 2.29. The Balaban J connectivity index is 2.59. The summed E-state index contributed by atoms with van der Waals surface area (Å²) in [6.45, 7) is 4.61. The van der Waals surface area contributed by atoms with Crippen molar-refractivity contribution in [1.82, 2.24) is 5.32 Å². The summed E-state index contributed by atoms with van der Waals surface area (Å²) in [5.41, 5.74) is 1.68. The number of hydrogen-bond acceptors (Lipinski definition) is 1. The molecule has 1 N–H and O–H groups in total. The average molecular weight is 209 g/mol. The van der Waals surface area contributed by atoms with Crippen LogP contribution < -0.4 is 5.32 Å².